The normalized spacial score (nSPS) is 11.3. The summed E-state index contributed by atoms with van der Waals surface area (Å²) in [5.41, 5.74) is 3.98. The molecule has 1 aromatic carbocycles. The van der Waals surface area contributed by atoms with E-state index < -0.39 is 0 Å². The van der Waals surface area contributed by atoms with Gasteiger partial charge in [0.15, 0.2) is 5.16 Å². The number of fused-ring (bicyclic) bond motifs is 2. The minimum Gasteiger partial charge on any atom is -0.352 e. The highest BCUT2D eigenvalue weighted by Crippen LogP contribution is 2.24. The van der Waals surface area contributed by atoms with Crippen LogP contribution in [0.25, 0.3) is 15.9 Å². The molecule has 0 fully saturated rings. The number of rotatable bonds is 11. The van der Waals surface area contributed by atoms with E-state index in [1.165, 1.54) is 39.1 Å². The summed E-state index contributed by atoms with van der Waals surface area (Å²) in [6.07, 6.45) is 4.47. The van der Waals surface area contributed by atoms with Crippen molar-refractivity contribution in [3.63, 3.8) is 0 Å². The summed E-state index contributed by atoms with van der Waals surface area (Å²) in [6.45, 7) is 3.08. The average Bonchev–Trinajstić information content (AvgIpc) is 3.42. The van der Waals surface area contributed by atoms with Crippen LogP contribution < -0.4 is 16.4 Å². The van der Waals surface area contributed by atoms with Crippen LogP contribution in [0.1, 0.15) is 42.5 Å². The molecule has 0 unspecified atom stereocenters. The van der Waals surface area contributed by atoms with E-state index in [0.29, 0.717) is 52.0 Å². The van der Waals surface area contributed by atoms with Gasteiger partial charge in [-0.25, -0.2) is 9.97 Å². The minimum absolute atomic E-state index is 0.0319. The maximum atomic E-state index is 13.3. The van der Waals surface area contributed by atoms with E-state index in [9.17, 15) is 14.4 Å². The Morgan fingerprint density at radius 3 is 2.72 bits per heavy atom. The molecular weight excluding hydrogens is 530 g/mol. The van der Waals surface area contributed by atoms with Crippen molar-refractivity contribution in [3.8, 4) is 0 Å². The SMILES string of the molecule is Cc1ccc(CNC(=O)CCCCCn2c(SCc3cc(=O)n4ccccc4n3)nc3ccsc3c2=O)cc1. The molecule has 0 bridgehead atoms. The second-order valence-electron chi connectivity index (χ2n) is 9.36. The van der Waals surface area contributed by atoms with Gasteiger partial charge in [-0.3, -0.25) is 23.4 Å². The fraction of sp³-hybridized carbons (Fsp3) is 0.276. The molecular formula is C29H29N5O3S2. The van der Waals surface area contributed by atoms with Crippen molar-refractivity contribution in [1.82, 2.24) is 24.3 Å². The van der Waals surface area contributed by atoms with Gasteiger partial charge in [0.1, 0.15) is 10.3 Å². The molecule has 0 saturated carbocycles. The first-order valence-electron chi connectivity index (χ1n) is 12.9. The third kappa shape index (κ3) is 6.63. The summed E-state index contributed by atoms with van der Waals surface area (Å²) in [6, 6.07) is 16.9. The fourth-order valence-corrected chi connectivity index (χ4v) is 5.97. The summed E-state index contributed by atoms with van der Waals surface area (Å²) < 4.78 is 3.86. The Bertz CT molecular complexity index is 1720. The zero-order valence-electron chi connectivity index (χ0n) is 21.6. The van der Waals surface area contributed by atoms with Crippen LogP contribution in [0.5, 0.6) is 0 Å². The minimum atomic E-state index is -0.141. The summed E-state index contributed by atoms with van der Waals surface area (Å²) in [4.78, 5) is 47.3. The Kier molecular flexibility index (Phi) is 8.53. The number of carbonyl (C=O) groups is 1. The highest BCUT2D eigenvalue weighted by molar-refractivity contribution is 7.98. The number of aryl methyl sites for hydroxylation is 1. The van der Waals surface area contributed by atoms with Crippen molar-refractivity contribution >= 4 is 44.9 Å². The molecule has 0 atom stereocenters. The lowest BCUT2D eigenvalue weighted by Crippen LogP contribution is -2.23. The van der Waals surface area contributed by atoms with Crippen molar-refractivity contribution in [1.29, 1.82) is 0 Å². The lowest BCUT2D eigenvalue weighted by molar-refractivity contribution is -0.121. The second-order valence-corrected chi connectivity index (χ2v) is 11.2. The van der Waals surface area contributed by atoms with Crippen LogP contribution >= 0.6 is 23.1 Å². The first-order valence-corrected chi connectivity index (χ1v) is 14.7. The monoisotopic (exact) mass is 559 g/mol. The third-order valence-electron chi connectivity index (χ3n) is 6.40. The van der Waals surface area contributed by atoms with Crippen LogP contribution in [0.3, 0.4) is 0 Å². The molecule has 10 heteroatoms. The van der Waals surface area contributed by atoms with Gasteiger partial charge in [-0.15, -0.1) is 11.3 Å². The van der Waals surface area contributed by atoms with Gasteiger partial charge in [0.2, 0.25) is 5.91 Å². The molecule has 1 N–H and O–H groups in total. The topological polar surface area (TPSA) is 98.4 Å². The molecule has 1 amide bonds. The van der Waals surface area contributed by atoms with Gasteiger partial charge in [0.05, 0.1) is 11.2 Å². The zero-order valence-corrected chi connectivity index (χ0v) is 23.3. The van der Waals surface area contributed by atoms with Gasteiger partial charge in [-0.1, -0.05) is 54.1 Å². The first-order chi connectivity index (χ1) is 19.0. The number of benzene rings is 1. The molecule has 8 nitrogen and oxygen atoms in total. The third-order valence-corrected chi connectivity index (χ3v) is 8.30. The maximum Gasteiger partial charge on any atom is 0.272 e. The Balaban J connectivity index is 1.19. The van der Waals surface area contributed by atoms with E-state index in [2.05, 4.69) is 10.3 Å². The van der Waals surface area contributed by atoms with E-state index in [4.69, 9.17) is 4.98 Å². The average molecular weight is 560 g/mol. The van der Waals surface area contributed by atoms with E-state index in [1.54, 1.807) is 22.9 Å². The van der Waals surface area contributed by atoms with Gasteiger partial charge in [-0.05, 0) is 48.9 Å². The number of aromatic nitrogens is 4. The maximum absolute atomic E-state index is 13.3. The van der Waals surface area contributed by atoms with Crippen molar-refractivity contribution in [2.45, 2.75) is 56.6 Å². The lowest BCUT2D eigenvalue weighted by atomic mass is 10.1. The molecule has 0 saturated heterocycles. The highest BCUT2D eigenvalue weighted by atomic mass is 32.2. The van der Waals surface area contributed by atoms with Gasteiger partial charge in [-0.2, -0.15) is 0 Å². The lowest BCUT2D eigenvalue weighted by Gasteiger charge is -2.12. The number of unbranched alkanes of at least 4 members (excludes halogenated alkanes) is 2. The van der Waals surface area contributed by atoms with Gasteiger partial charge < -0.3 is 5.32 Å². The molecule has 0 aliphatic carbocycles. The molecule has 4 aromatic heterocycles. The molecule has 5 aromatic rings. The molecule has 39 heavy (non-hydrogen) atoms. The van der Waals surface area contributed by atoms with Crippen molar-refractivity contribution in [3.05, 3.63) is 104 Å². The first kappa shape index (κ1) is 26.8. The number of carbonyl (C=O) groups excluding carboxylic acids is 1. The molecule has 0 spiro atoms. The molecule has 200 valence electrons. The number of thioether (sulfide) groups is 1. The van der Waals surface area contributed by atoms with Crippen LogP contribution in [0, 0.1) is 6.92 Å². The predicted octanol–water partition coefficient (Wildman–Crippen LogP) is 4.94. The second kappa shape index (κ2) is 12.4. The summed E-state index contributed by atoms with van der Waals surface area (Å²) in [5.74, 6) is 0.452. The fourth-order valence-electron chi connectivity index (χ4n) is 4.27. The number of nitrogens with zero attached hydrogens (tertiary/aromatic N) is 4. The summed E-state index contributed by atoms with van der Waals surface area (Å²) >= 11 is 2.80. The van der Waals surface area contributed by atoms with Gasteiger partial charge >= 0.3 is 0 Å². The van der Waals surface area contributed by atoms with E-state index >= 15 is 0 Å². The summed E-state index contributed by atoms with van der Waals surface area (Å²) in [5, 5.41) is 5.46. The molecule has 0 aliphatic heterocycles. The number of hydrogen-bond donors (Lipinski definition) is 1. The molecule has 0 aliphatic rings. The Labute approximate surface area is 233 Å². The zero-order chi connectivity index (χ0) is 27.2. The molecule has 4 heterocycles. The quantitative estimate of drug-likeness (QED) is 0.140. The van der Waals surface area contributed by atoms with Crippen LogP contribution in [-0.4, -0.2) is 24.8 Å². The van der Waals surface area contributed by atoms with Crippen LogP contribution in [0.4, 0.5) is 0 Å². The number of hydrogen-bond acceptors (Lipinski definition) is 7. The number of thiophene rings is 1. The smallest absolute Gasteiger partial charge is 0.272 e. The van der Waals surface area contributed by atoms with E-state index in [-0.39, 0.29) is 17.0 Å². The Hall–Kier alpha value is -3.76. The standard InChI is InChI=1S/C29H29N5O3S2/c1-20-9-11-21(12-10-20)18-30-25(35)8-3-2-5-15-34-28(37)27-23(13-16-38-27)32-29(34)39-19-22-17-26(36)33-14-6-4-7-24(33)31-22/h4,6-7,9-14,16-17H,2-3,5,8,15,18-19H2,1H3,(H,30,35). The largest absolute Gasteiger partial charge is 0.352 e. The molecule has 5 rings (SSSR count). The number of nitrogens with one attached hydrogen (secondary N) is 1. The van der Waals surface area contributed by atoms with Crippen LogP contribution in [0.15, 0.2) is 80.9 Å². The van der Waals surface area contributed by atoms with Crippen molar-refractivity contribution in [2.75, 3.05) is 0 Å². The van der Waals surface area contributed by atoms with Crippen molar-refractivity contribution < 1.29 is 4.79 Å². The molecule has 0 radical (unpaired) electrons. The van der Waals surface area contributed by atoms with Gasteiger partial charge in [0, 0.05) is 37.5 Å². The van der Waals surface area contributed by atoms with Gasteiger partial charge in [0.25, 0.3) is 11.1 Å². The predicted molar refractivity (Wildman–Crippen MR) is 156 cm³/mol. The highest BCUT2D eigenvalue weighted by Gasteiger charge is 2.14. The number of amides is 1. The van der Waals surface area contributed by atoms with E-state index in [1.807, 2.05) is 48.7 Å². The Morgan fingerprint density at radius 2 is 1.87 bits per heavy atom. The van der Waals surface area contributed by atoms with E-state index in [0.717, 1.165) is 24.8 Å². The number of pyridine rings is 1. The van der Waals surface area contributed by atoms with Crippen LogP contribution in [-0.2, 0) is 23.6 Å². The van der Waals surface area contributed by atoms with Crippen LogP contribution in [0.2, 0.25) is 0 Å². The Morgan fingerprint density at radius 1 is 1.03 bits per heavy atom. The summed E-state index contributed by atoms with van der Waals surface area (Å²) in [7, 11) is 0. The van der Waals surface area contributed by atoms with Crippen molar-refractivity contribution in [2.24, 2.45) is 0 Å².